The Bertz CT molecular complexity index is 3450. The monoisotopic (exact) mass is 1250 g/mol. The smallest absolute Gasteiger partial charge is 0.415 e. The van der Waals surface area contributed by atoms with Crippen molar-refractivity contribution in [2.75, 3.05) is 98.5 Å². The number of nitrogens with two attached hydrogens (primary N) is 1. The molecule has 2 aliphatic rings. The van der Waals surface area contributed by atoms with E-state index in [2.05, 4.69) is 20.9 Å². The summed E-state index contributed by atoms with van der Waals surface area (Å²) in [5.41, 5.74) is 8.85. The largest absolute Gasteiger partial charge is 0.492 e. The normalized spacial score (nSPS) is 14.3. The number of alkyl halides is 1. The summed E-state index contributed by atoms with van der Waals surface area (Å²) in [6, 6.07) is 13.7. The number of aromatic nitrogens is 1. The van der Waals surface area contributed by atoms with Gasteiger partial charge in [-0.2, -0.15) is 0 Å². The number of carbonyl (C=O) groups excluding carboxylic acids is 10. The number of urea groups is 1. The topological polar surface area (TPSA) is 315 Å². The van der Waals surface area contributed by atoms with Gasteiger partial charge < -0.3 is 69.6 Å². The first-order valence-electron chi connectivity index (χ1n) is 29.5. The highest BCUT2D eigenvalue weighted by Crippen LogP contribution is 2.48. The maximum absolute atomic E-state index is 14.5. The van der Waals surface area contributed by atoms with E-state index in [1.165, 1.54) is 48.1 Å². The minimum Gasteiger partial charge on any atom is -0.492 e. The van der Waals surface area contributed by atoms with Gasteiger partial charge in [0.2, 0.25) is 11.8 Å². The fourth-order valence-electron chi connectivity index (χ4n) is 10.5. The van der Waals surface area contributed by atoms with Gasteiger partial charge in [-0.25, -0.2) is 19.2 Å². The average Bonchev–Trinajstić information content (AvgIpc) is 1.59. The number of esters is 1. The number of hydrogen-bond donors (Lipinski definition) is 5. The Kier molecular flexibility index (Phi) is 23.7. The fourth-order valence-corrected chi connectivity index (χ4v) is 10.8. The number of nitrogens with zero attached hydrogens (tertiary/aromatic N) is 5. The zero-order valence-corrected chi connectivity index (χ0v) is 52.3. The van der Waals surface area contributed by atoms with E-state index in [9.17, 15) is 47.9 Å². The molecule has 2 aliphatic heterocycles. The highest BCUT2D eigenvalue weighted by atomic mass is 35.5. The van der Waals surface area contributed by atoms with Gasteiger partial charge in [-0.15, -0.1) is 11.6 Å². The number of likely N-dealkylation sites (N-methyl/N-ethyl adjacent to an activating group) is 3. The number of furan rings is 1. The first-order valence-corrected chi connectivity index (χ1v) is 30.0. The molecule has 5 aromatic rings. The molecule has 0 saturated heterocycles. The number of rotatable bonds is 31. The van der Waals surface area contributed by atoms with E-state index >= 15 is 0 Å². The third kappa shape index (κ3) is 17.6. The summed E-state index contributed by atoms with van der Waals surface area (Å²) in [5, 5.41) is 9.31. The first kappa shape index (κ1) is 67.5. The molecule has 3 atom stereocenters. The summed E-state index contributed by atoms with van der Waals surface area (Å²) in [5.74, 6) is -3.06. The minimum atomic E-state index is -0.892. The van der Waals surface area contributed by atoms with Crippen molar-refractivity contribution in [1.82, 2.24) is 40.5 Å². The number of halogens is 1. The molecule has 478 valence electrons. The number of ether oxygens (including phenoxy) is 4. The molecule has 0 bridgehead atoms. The molecule has 7 rings (SSSR count). The van der Waals surface area contributed by atoms with Crippen molar-refractivity contribution < 1.29 is 71.3 Å². The van der Waals surface area contributed by atoms with Gasteiger partial charge in [0.1, 0.15) is 24.5 Å². The van der Waals surface area contributed by atoms with Gasteiger partial charge in [-0.05, 0) is 100.0 Å². The number of anilines is 1. The Morgan fingerprint density at radius 1 is 0.843 bits per heavy atom. The molecular formula is C63H79ClN10O15. The van der Waals surface area contributed by atoms with Crippen molar-refractivity contribution in [1.29, 1.82) is 0 Å². The number of H-pyrrole nitrogens is 1. The SMILES string of the molecule is COC(=O)c1c(C)[nH]c2c(OC(=O)N(C)CCN(C)C(=O)OCc3ccc(CC(=O)C(CCCNC(N)=O)NC(=O)[C@@H](CCCNC(=O)CCCN4C(=O)C=CC4=O)C(C)C)cc3)cc3c(c12)[C@H](CCl)CN3C(=O)c1cc2cc(OCCN(C)C)ccc2o1. The van der Waals surface area contributed by atoms with Crippen LogP contribution in [0.1, 0.15) is 102 Å². The number of methoxy groups -OCH3 is 1. The first-order chi connectivity index (χ1) is 42.5. The molecule has 0 radical (unpaired) electrons. The lowest BCUT2D eigenvalue weighted by molar-refractivity contribution is -0.137. The number of Topliss-reactive ketones (excluding diaryl/α,β-unsaturated/α-hetero) is 1. The van der Waals surface area contributed by atoms with Crippen LogP contribution < -0.4 is 36.1 Å². The van der Waals surface area contributed by atoms with Crippen molar-refractivity contribution in [3.8, 4) is 11.5 Å². The lowest BCUT2D eigenvalue weighted by Gasteiger charge is -2.24. The third-order valence-corrected chi connectivity index (χ3v) is 15.9. The van der Waals surface area contributed by atoms with Crippen LogP contribution >= 0.6 is 11.6 Å². The van der Waals surface area contributed by atoms with E-state index in [0.29, 0.717) is 101 Å². The summed E-state index contributed by atoms with van der Waals surface area (Å²) in [6.45, 7) is 7.31. The van der Waals surface area contributed by atoms with Gasteiger partial charge in [0.15, 0.2) is 17.3 Å². The third-order valence-electron chi connectivity index (χ3n) is 15.5. The van der Waals surface area contributed by atoms with Crippen molar-refractivity contribution in [3.05, 3.63) is 100 Å². The van der Waals surface area contributed by atoms with Crippen LogP contribution in [0.15, 0.2) is 71.2 Å². The van der Waals surface area contributed by atoms with Crippen LogP contribution in [0.4, 0.5) is 20.1 Å². The number of primary amides is 1. The van der Waals surface area contributed by atoms with E-state index in [1.807, 2.05) is 32.8 Å². The lowest BCUT2D eigenvalue weighted by Crippen LogP contribution is -2.46. The zero-order chi connectivity index (χ0) is 64.6. The fraction of sp³-hybridized carbons (Fsp3) is 0.460. The van der Waals surface area contributed by atoms with Crippen LogP contribution in [0, 0.1) is 18.8 Å². The van der Waals surface area contributed by atoms with Gasteiger partial charge in [-0.1, -0.05) is 38.1 Å². The van der Waals surface area contributed by atoms with Gasteiger partial charge in [0.25, 0.3) is 17.7 Å². The van der Waals surface area contributed by atoms with Crippen molar-refractivity contribution in [3.63, 3.8) is 0 Å². The second kappa shape index (κ2) is 31.3. The standard InChI is InChI=1S/C63H79ClN10O15/c1-37(2)44(12-9-23-66-51(76)14-11-25-73-52(77)21-22-53(73)78)58(79)69-45(13-10-24-67-61(65)82)47(75)30-39-15-17-40(18-16-39)36-87-62(83)71(6)26-27-72(7)63(84)89-49-33-46-55(56-54(60(81)85-8)38(3)68-57(49)56)42(34-64)35-74(46)59(80)50-32-41-31-43(19-20-48(41)88-50)86-29-28-70(4)5/h15-22,31-33,37,42,44-45,68H,9-14,23-30,34-36H2,1-8H3,(H,66,76)(H,69,79)(H3,65,67,82)/t42-,44+,45?/m1/s1. The summed E-state index contributed by atoms with van der Waals surface area (Å²) in [7, 11) is 8.15. The molecule has 89 heavy (non-hydrogen) atoms. The van der Waals surface area contributed by atoms with E-state index in [0.717, 1.165) is 4.90 Å². The number of hydrogen-bond acceptors (Lipinski definition) is 16. The van der Waals surface area contributed by atoms with E-state index in [-0.39, 0.29) is 105 Å². The average molecular weight is 1250 g/mol. The molecule has 2 aromatic heterocycles. The van der Waals surface area contributed by atoms with Crippen LogP contribution in [0.2, 0.25) is 0 Å². The Balaban J connectivity index is 0.923. The maximum atomic E-state index is 14.5. The van der Waals surface area contributed by atoms with Crippen LogP contribution in [-0.4, -0.2) is 184 Å². The number of amides is 9. The minimum absolute atomic E-state index is 0.00276. The van der Waals surface area contributed by atoms with Crippen molar-refractivity contribution >= 4 is 98.7 Å². The molecule has 1 unspecified atom stereocenters. The quantitative estimate of drug-likeness (QED) is 0.0136. The molecule has 0 spiro atoms. The number of carbonyl (C=O) groups is 10. The number of imide groups is 1. The zero-order valence-electron chi connectivity index (χ0n) is 51.5. The number of nitrogens with one attached hydrogen (secondary N) is 4. The second-order valence-corrected chi connectivity index (χ2v) is 23.0. The molecular weight excluding hydrogens is 1170 g/mol. The van der Waals surface area contributed by atoms with E-state index in [1.54, 1.807) is 61.5 Å². The van der Waals surface area contributed by atoms with E-state index < -0.39 is 59.8 Å². The summed E-state index contributed by atoms with van der Waals surface area (Å²) < 4.78 is 28.8. The highest BCUT2D eigenvalue weighted by Gasteiger charge is 2.39. The summed E-state index contributed by atoms with van der Waals surface area (Å²) >= 11 is 6.60. The molecule has 4 heterocycles. The maximum Gasteiger partial charge on any atom is 0.415 e. The summed E-state index contributed by atoms with van der Waals surface area (Å²) in [4.78, 5) is 140. The van der Waals surface area contributed by atoms with Gasteiger partial charge in [0.05, 0.1) is 29.9 Å². The molecule has 0 fully saturated rings. The number of aromatic amines is 1. The van der Waals surface area contributed by atoms with Crippen LogP contribution in [0.5, 0.6) is 11.5 Å². The number of ketones is 1. The van der Waals surface area contributed by atoms with Gasteiger partial charge >= 0.3 is 24.2 Å². The predicted molar refractivity (Wildman–Crippen MR) is 331 cm³/mol. The number of aryl methyl sites for hydroxylation is 1. The highest BCUT2D eigenvalue weighted by molar-refractivity contribution is 6.20. The molecule has 0 saturated carbocycles. The van der Waals surface area contributed by atoms with Crippen LogP contribution in [0.25, 0.3) is 21.9 Å². The molecule has 9 amide bonds. The number of benzene rings is 3. The van der Waals surface area contributed by atoms with Crippen LogP contribution in [-0.2, 0) is 46.5 Å². The molecule has 6 N–H and O–H groups in total. The molecule has 25 nitrogen and oxygen atoms in total. The van der Waals surface area contributed by atoms with Crippen LogP contribution in [0.3, 0.4) is 0 Å². The predicted octanol–water partition coefficient (Wildman–Crippen LogP) is 6.55. The molecule has 0 aliphatic carbocycles. The number of fused-ring (bicyclic) bond motifs is 4. The molecule has 26 heteroatoms. The lowest BCUT2D eigenvalue weighted by atomic mass is 9.89. The van der Waals surface area contributed by atoms with Gasteiger partial charge in [-0.3, -0.25) is 33.7 Å². The summed E-state index contributed by atoms with van der Waals surface area (Å²) in [6.07, 6.45) is 2.75. The second-order valence-electron chi connectivity index (χ2n) is 22.7. The Morgan fingerprint density at radius 2 is 1.52 bits per heavy atom. The van der Waals surface area contributed by atoms with Crippen molar-refractivity contribution in [2.45, 2.75) is 84.3 Å². The van der Waals surface area contributed by atoms with Gasteiger partial charge in [0, 0.05) is 125 Å². The van der Waals surface area contributed by atoms with E-state index in [4.69, 9.17) is 40.7 Å². The Morgan fingerprint density at radius 3 is 2.18 bits per heavy atom. The Labute approximate surface area is 520 Å². The van der Waals surface area contributed by atoms with Crippen molar-refractivity contribution in [2.24, 2.45) is 17.6 Å². The Hall–Kier alpha value is -8.97. The molecule has 3 aromatic carbocycles.